The van der Waals surface area contributed by atoms with Gasteiger partial charge in [-0.25, -0.2) is 0 Å². The molecule has 7 rings (SSSR count). The van der Waals surface area contributed by atoms with Crippen LogP contribution in [0.25, 0.3) is 10.8 Å². The molecule has 7 aromatic carbocycles. The Kier molecular flexibility index (Phi) is 8.08. The summed E-state index contributed by atoms with van der Waals surface area (Å²) in [5.74, 6) is 0.737. The third kappa shape index (κ3) is 5.41. The molecule has 7 aromatic rings. The molecule has 0 bridgehead atoms. The zero-order valence-corrected chi connectivity index (χ0v) is 26.4. The van der Waals surface area contributed by atoms with E-state index < -0.39 is 10.8 Å². The van der Waals surface area contributed by atoms with Gasteiger partial charge in [-0.2, -0.15) is 0 Å². The van der Waals surface area contributed by atoms with Gasteiger partial charge in [0.05, 0.1) is 0 Å². The maximum Gasteiger partial charge on any atom is 0.115 e. The van der Waals surface area contributed by atoms with Gasteiger partial charge >= 0.3 is 0 Å². The number of phenols is 4. The number of phenolic OH excluding ortho intramolecular Hbond substituents is 4. The topological polar surface area (TPSA) is 80.9 Å². The van der Waals surface area contributed by atoms with E-state index >= 15 is 0 Å². The molecule has 0 unspecified atom stereocenters. The van der Waals surface area contributed by atoms with Crippen molar-refractivity contribution in [2.24, 2.45) is 0 Å². The average molecular weight is 629 g/mol. The summed E-state index contributed by atoms with van der Waals surface area (Å²) >= 11 is 0. The molecule has 48 heavy (non-hydrogen) atoms. The predicted molar refractivity (Wildman–Crippen MR) is 192 cm³/mol. The van der Waals surface area contributed by atoms with Crippen LogP contribution in [0.1, 0.15) is 46.2 Å². The zero-order valence-electron chi connectivity index (χ0n) is 26.4. The second-order valence-corrected chi connectivity index (χ2v) is 12.4. The molecule has 4 heteroatoms. The molecule has 0 aliphatic rings. The summed E-state index contributed by atoms with van der Waals surface area (Å²) in [4.78, 5) is 0. The second kappa shape index (κ2) is 12.7. The maximum atomic E-state index is 10.4. The minimum absolute atomic E-state index is 0.183. The van der Waals surface area contributed by atoms with Crippen molar-refractivity contribution in [1.82, 2.24) is 0 Å². The summed E-state index contributed by atoms with van der Waals surface area (Å²) in [5, 5.41) is 43.9. The Morgan fingerprint density at radius 1 is 0.312 bits per heavy atom. The van der Waals surface area contributed by atoms with Crippen LogP contribution >= 0.6 is 0 Å². The molecule has 4 nitrogen and oxygen atoms in total. The van der Waals surface area contributed by atoms with Crippen LogP contribution < -0.4 is 0 Å². The molecule has 0 spiro atoms. The Morgan fingerprint density at radius 3 is 1.15 bits per heavy atom. The third-order valence-electron chi connectivity index (χ3n) is 9.83. The van der Waals surface area contributed by atoms with Crippen LogP contribution in [0, 0.1) is 0 Å². The van der Waals surface area contributed by atoms with Gasteiger partial charge in [0.15, 0.2) is 0 Å². The van der Waals surface area contributed by atoms with E-state index in [2.05, 4.69) is 48.5 Å². The Balaban J connectivity index is 1.55. The van der Waals surface area contributed by atoms with E-state index in [9.17, 15) is 20.4 Å². The van der Waals surface area contributed by atoms with Gasteiger partial charge in [-0.3, -0.25) is 0 Å². The molecular formula is C44H36O4. The standard InChI is InChI=1S/C44H36O4/c45-37-21-13-33(14-22-37)43(32-9-2-1-3-10-32,34-15-23-38(46)24-16-34)29-30-44(35-17-25-39(47)26-18-35,36-19-27-40(48)28-20-36)42-12-6-8-31-7-4-5-11-41(31)42/h1-28,45-48H,29-30H2. The lowest BCUT2D eigenvalue weighted by atomic mass is 9.60. The van der Waals surface area contributed by atoms with Gasteiger partial charge in [0.2, 0.25) is 0 Å². The molecule has 0 atom stereocenters. The first-order chi connectivity index (χ1) is 23.4. The smallest absolute Gasteiger partial charge is 0.115 e. The minimum atomic E-state index is -0.740. The quantitative estimate of drug-likeness (QED) is 0.120. The SMILES string of the molecule is Oc1ccc(C(CCC(c2ccc(O)cc2)(c2ccc(O)cc2)c2cccc3ccccc23)(c2ccccc2)c2ccc(O)cc2)cc1. The molecule has 4 N–H and O–H groups in total. The van der Waals surface area contributed by atoms with Crippen LogP contribution in [0.2, 0.25) is 0 Å². The van der Waals surface area contributed by atoms with Crippen LogP contribution in [-0.4, -0.2) is 20.4 Å². The van der Waals surface area contributed by atoms with Crippen LogP contribution in [0.15, 0.2) is 170 Å². The van der Waals surface area contributed by atoms with Gasteiger partial charge in [0.25, 0.3) is 0 Å². The Labute approximate surface area is 280 Å². The second-order valence-electron chi connectivity index (χ2n) is 12.4. The van der Waals surface area contributed by atoms with Crippen molar-refractivity contribution in [1.29, 1.82) is 0 Å². The summed E-state index contributed by atoms with van der Waals surface area (Å²) in [6, 6.07) is 54.9. The van der Waals surface area contributed by atoms with E-state index in [4.69, 9.17) is 0 Å². The fraction of sp³-hybridized carbons (Fsp3) is 0.0909. The average Bonchev–Trinajstić information content (AvgIpc) is 3.13. The third-order valence-corrected chi connectivity index (χ3v) is 9.83. The number of benzene rings is 7. The Morgan fingerprint density at radius 2 is 0.667 bits per heavy atom. The number of hydrogen-bond donors (Lipinski definition) is 4. The van der Waals surface area contributed by atoms with Crippen molar-refractivity contribution in [2.45, 2.75) is 23.7 Å². The molecular weight excluding hydrogens is 592 g/mol. The van der Waals surface area contributed by atoms with E-state index in [-0.39, 0.29) is 23.0 Å². The number of fused-ring (bicyclic) bond motifs is 1. The van der Waals surface area contributed by atoms with Crippen LogP contribution in [-0.2, 0) is 10.8 Å². The zero-order chi connectivity index (χ0) is 33.1. The van der Waals surface area contributed by atoms with E-state index in [1.165, 1.54) is 0 Å². The molecule has 0 aliphatic heterocycles. The summed E-state index contributed by atoms with van der Waals surface area (Å²) in [6.07, 6.45) is 1.21. The maximum absolute atomic E-state index is 10.4. The first-order valence-electron chi connectivity index (χ1n) is 16.1. The molecule has 236 valence electrons. The Bertz CT molecular complexity index is 2040. The fourth-order valence-electron chi connectivity index (χ4n) is 7.51. The lowest BCUT2D eigenvalue weighted by molar-refractivity contribution is 0.445. The van der Waals surface area contributed by atoms with Gasteiger partial charge in [-0.15, -0.1) is 0 Å². The molecule has 0 heterocycles. The van der Waals surface area contributed by atoms with Gasteiger partial charge in [0.1, 0.15) is 23.0 Å². The Hall–Kier alpha value is -6.00. The summed E-state index contributed by atoms with van der Waals surface area (Å²) < 4.78 is 0. The predicted octanol–water partition coefficient (Wildman–Crippen LogP) is 9.81. The molecule has 0 fully saturated rings. The highest BCUT2D eigenvalue weighted by Gasteiger charge is 2.43. The number of rotatable bonds is 9. The van der Waals surface area contributed by atoms with Gasteiger partial charge in [-0.05, 0) is 106 Å². The van der Waals surface area contributed by atoms with Crippen molar-refractivity contribution in [2.75, 3.05) is 0 Å². The van der Waals surface area contributed by atoms with E-state index in [1.807, 2.05) is 72.8 Å². The van der Waals surface area contributed by atoms with Crippen molar-refractivity contribution in [3.63, 3.8) is 0 Å². The lowest BCUT2D eigenvalue weighted by Crippen LogP contribution is -2.36. The van der Waals surface area contributed by atoms with E-state index in [0.29, 0.717) is 12.8 Å². The van der Waals surface area contributed by atoms with Gasteiger partial charge < -0.3 is 20.4 Å². The summed E-state index contributed by atoms with van der Waals surface area (Å²) in [5.41, 5.74) is 4.74. The molecule has 0 saturated heterocycles. The highest BCUT2D eigenvalue weighted by Crippen LogP contribution is 2.52. The van der Waals surface area contributed by atoms with Crippen molar-refractivity contribution >= 4 is 10.8 Å². The minimum Gasteiger partial charge on any atom is -0.508 e. The number of hydrogen-bond acceptors (Lipinski definition) is 4. The number of aromatic hydroxyl groups is 4. The summed E-state index contributed by atoms with van der Waals surface area (Å²) in [6.45, 7) is 0. The molecule has 0 saturated carbocycles. The van der Waals surface area contributed by atoms with Crippen LogP contribution in [0.4, 0.5) is 0 Å². The summed E-state index contributed by atoms with van der Waals surface area (Å²) in [7, 11) is 0. The highest BCUT2D eigenvalue weighted by molar-refractivity contribution is 5.88. The van der Waals surface area contributed by atoms with Crippen molar-refractivity contribution < 1.29 is 20.4 Å². The van der Waals surface area contributed by atoms with Gasteiger partial charge in [-0.1, -0.05) is 121 Å². The van der Waals surface area contributed by atoms with Crippen molar-refractivity contribution in [3.05, 3.63) is 203 Å². The van der Waals surface area contributed by atoms with Crippen LogP contribution in [0.3, 0.4) is 0 Å². The van der Waals surface area contributed by atoms with Crippen LogP contribution in [0.5, 0.6) is 23.0 Å². The van der Waals surface area contributed by atoms with E-state index in [1.54, 1.807) is 48.5 Å². The van der Waals surface area contributed by atoms with Crippen molar-refractivity contribution in [3.8, 4) is 23.0 Å². The lowest BCUT2D eigenvalue weighted by Gasteiger charge is -2.42. The first-order valence-corrected chi connectivity index (χ1v) is 16.1. The first kappa shape index (κ1) is 30.6. The largest absolute Gasteiger partial charge is 0.508 e. The molecule has 0 radical (unpaired) electrons. The normalized spacial score (nSPS) is 11.8. The molecule has 0 aliphatic carbocycles. The van der Waals surface area contributed by atoms with Gasteiger partial charge in [0, 0.05) is 10.8 Å². The molecule has 0 aromatic heterocycles. The highest BCUT2D eigenvalue weighted by atomic mass is 16.3. The fourth-order valence-corrected chi connectivity index (χ4v) is 7.51. The molecule has 0 amide bonds. The monoisotopic (exact) mass is 628 g/mol. The van der Waals surface area contributed by atoms with E-state index in [0.717, 1.165) is 44.2 Å².